The van der Waals surface area contributed by atoms with Crippen LogP contribution in [0.5, 0.6) is 0 Å². The molecule has 2 rings (SSSR count). The van der Waals surface area contributed by atoms with Gasteiger partial charge in [0.2, 0.25) is 5.16 Å². The molecule has 0 atom stereocenters. The molecule has 0 saturated heterocycles. The van der Waals surface area contributed by atoms with Crippen molar-refractivity contribution in [3.05, 3.63) is 36.0 Å². The first-order valence-corrected chi connectivity index (χ1v) is 6.83. The number of sulfonamides is 1. The molecule has 0 fully saturated rings. The minimum absolute atomic E-state index is 0.0945. The maximum atomic E-state index is 11.5. The molecule has 0 spiro atoms. The monoisotopic (exact) mass is 266 g/mol. The van der Waals surface area contributed by atoms with Crippen LogP contribution in [0.3, 0.4) is 0 Å². The molecule has 4 N–H and O–H groups in total. The molecular formula is C11H14N4O2S. The SMILES string of the molecule is CNS(=O)(=O)c1ncc(-c2ccc(CN)cc2)[nH]1. The molecule has 0 aliphatic heterocycles. The zero-order valence-electron chi connectivity index (χ0n) is 9.84. The lowest BCUT2D eigenvalue weighted by molar-refractivity contribution is 0.581. The Labute approximate surface area is 105 Å². The minimum atomic E-state index is -3.53. The lowest BCUT2D eigenvalue weighted by Crippen LogP contribution is -2.19. The van der Waals surface area contributed by atoms with E-state index >= 15 is 0 Å². The van der Waals surface area contributed by atoms with Gasteiger partial charge < -0.3 is 10.7 Å². The predicted octanol–water partition coefficient (Wildman–Crippen LogP) is 0.443. The summed E-state index contributed by atoms with van der Waals surface area (Å²) in [4.78, 5) is 6.61. The maximum Gasteiger partial charge on any atom is 0.274 e. The molecule has 7 heteroatoms. The Hall–Kier alpha value is -1.70. The molecule has 1 heterocycles. The van der Waals surface area contributed by atoms with Gasteiger partial charge in [0.15, 0.2) is 0 Å². The van der Waals surface area contributed by atoms with E-state index in [4.69, 9.17) is 5.73 Å². The van der Waals surface area contributed by atoms with Gasteiger partial charge in [-0.3, -0.25) is 0 Å². The highest BCUT2D eigenvalue weighted by atomic mass is 32.2. The van der Waals surface area contributed by atoms with Crippen molar-refractivity contribution in [2.45, 2.75) is 11.7 Å². The van der Waals surface area contributed by atoms with Crippen molar-refractivity contribution in [2.24, 2.45) is 5.73 Å². The summed E-state index contributed by atoms with van der Waals surface area (Å²) in [6, 6.07) is 7.52. The van der Waals surface area contributed by atoms with Crippen molar-refractivity contribution in [3.63, 3.8) is 0 Å². The van der Waals surface area contributed by atoms with E-state index in [9.17, 15) is 8.42 Å². The number of nitrogens with one attached hydrogen (secondary N) is 2. The normalized spacial score (nSPS) is 11.7. The van der Waals surface area contributed by atoms with E-state index < -0.39 is 10.0 Å². The Morgan fingerprint density at radius 3 is 2.56 bits per heavy atom. The molecular weight excluding hydrogens is 252 g/mol. The molecule has 6 nitrogen and oxygen atoms in total. The van der Waals surface area contributed by atoms with Crippen molar-refractivity contribution in [1.82, 2.24) is 14.7 Å². The Kier molecular flexibility index (Phi) is 3.46. The number of nitrogens with zero attached hydrogens (tertiary/aromatic N) is 1. The Balaban J connectivity index is 2.35. The van der Waals surface area contributed by atoms with Gasteiger partial charge in [0.1, 0.15) is 0 Å². The number of hydrogen-bond donors (Lipinski definition) is 3. The average molecular weight is 266 g/mol. The standard InChI is InChI=1S/C11H14N4O2S/c1-13-18(16,17)11-14-7-10(15-11)9-4-2-8(6-12)3-5-9/h2-5,7,13H,6,12H2,1H3,(H,14,15). The summed E-state index contributed by atoms with van der Waals surface area (Å²) in [6.07, 6.45) is 1.49. The zero-order chi connectivity index (χ0) is 13.2. The number of H-pyrrole nitrogens is 1. The Morgan fingerprint density at radius 2 is 2.00 bits per heavy atom. The Morgan fingerprint density at radius 1 is 1.33 bits per heavy atom. The van der Waals surface area contributed by atoms with Gasteiger partial charge in [0, 0.05) is 6.54 Å². The molecule has 2 aromatic rings. The molecule has 0 radical (unpaired) electrons. The fourth-order valence-electron chi connectivity index (χ4n) is 1.50. The first-order valence-electron chi connectivity index (χ1n) is 5.35. The molecule has 0 bridgehead atoms. The molecule has 0 amide bonds. The molecule has 0 unspecified atom stereocenters. The first kappa shape index (κ1) is 12.7. The van der Waals surface area contributed by atoms with Crippen LogP contribution in [0.15, 0.2) is 35.6 Å². The molecule has 18 heavy (non-hydrogen) atoms. The lowest BCUT2D eigenvalue weighted by atomic mass is 10.1. The van der Waals surface area contributed by atoms with Gasteiger partial charge in [0.25, 0.3) is 10.0 Å². The van der Waals surface area contributed by atoms with Gasteiger partial charge in [-0.15, -0.1) is 0 Å². The fraction of sp³-hybridized carbons (Fsp3) is 0.182. The molecule has 1 aromatic heterocycles. The zero-order valence-corrected chi connectivity index (χ0v) is 10.7. The second-order valence-corrected chi connectivity index (χ2v) is 5.51. The van der Waals surface area contributed by atoms with Crippen LogP contribution in [-0.4, -0.2) is 25.4 Å². The number of aromatic amines is 1. The third-order valence-electron chi connectivity index (χ3n) is 2.58. The van der Waals surface area contributed by atoms with Crippen LogP contribution in [-0.2, 0) is 16.6 Å². The quantitative estimate of drug-likeness (QED) is 0.747. The second kappa shape index (κ2) is 4.89. The number of aromatic nitrogens is 2. The average Bonchev–Trinajstić information content (AvgIpc) is 2.89. The fourth-order valence-corrected chi connectivity index (χ4v) is 2.13. The molecule has 0 aliphatic carbocycles. The van der Waals surface area contributed by atoms with Crippen LogP contribution in [0, 0.1) is 0 Å². The highest BCUT2D eigenvalue weighted by molar-refractivity contribution is 7.89. The second-order valence-electron chi connectivity index (χ2n) is 3.71. The maximum absolute atomic E-state index is 11.5. The number of rotatable bonds is 4. The van der Waals surface area contributed by atoms with E-state index in [1.807, 2.05) is 24.3 Å². The number of benzene rings is 1. The van der Waals surface area contributed by atoms with Crippen LogP contribution in [0.2, 0.25) is 0 Å². The van der Waals surface area contributed by atoms with Crippen molar-refractivity contribution in [3.8, 4) is 11.3 Å². The summed E-state index contributed by atoms with van der Waals surface area (Å²) in [7, 11) is -2.19. The largest absolute Gasteiger partial charge is 0.328 e. The molecule has 96 valence electrons. The van der Waals surface area contributed by atoms with E-state index in [1.54, 1.807) is 0 Å². The molecule has 1 aromatic carbocycles. The smallest absolute Gasteiger partial charge is 0.274 e. The third-order valence-corrected chi connectivity index (χ3v) is 3.83. The van der Waals surface area contributed by atoms with Crippen LogP contribution in [0.1, 0.15) is 5.56 Å². The van der Waals surface area contributed by atoms with Crippen LogP contribution in [0.4, 0.5) is 0 Å². The number of hydrogen-bond acceptors (Lipinski definition) is 4. The topological polar surface area (TPSA) is 101 Å². The van der Waals surface area contributed by atoms with E-state index in [0.29, 0.717) is 12.2 Å². The summed E-state index contributed by atoms with van der Waals surface area (Å²) in [6.45, 7) is 0.475. The van der Waals surface area contributed by atoms with Gasteiger partial charge in [-0.05, 0) is 18.2 Å². The summed E-state index contributed by atoms with van der Waals surface area (Å²) in [5, 5.41) is -0.0945. The van der Waals surface area contributed by atoms with Crippen LogP contribution >= 0.6 is 0 Å². The highest BCUT2D eigenvalue weighted by Gasteiger charge is 2.15. The van der Waals surface area contributed by atoms with Gasteiger partial charge in [-0.2, -0.15) is 0 Å². The van der Waals surface area contributed by atoms with Gasteiger partial charge in [0.05, 0.1) is 11.9 Å². The molecule has 0 saturated carbocycles. The summed E-state index contributed by atoms with van der Waals surface area (Å²) in [5.74, 6) is 0. The highest BCUT2D eigenvalue weighted by Crippen LogP contribution is 2.18. The summed E-state index contributed by atoms with van der Waals surface area (Å²) >= 11 is 0. The first-order chi connectivity index (χ1) is 8.56. The lowest BCUT2D eigenvalue weighted by Gasteiger charge is -2.00. The van der Waals surface area contributed by atoms with Gasteiger partial charge in [-0.1, -0.05) is 24.3 Å². The van der Waals surface area contributed by atoms with Gasteiger partial charge >= 0.3 is 0 Å². The van der Waals surface area contributed by atoms with Gasteiger partial charge in [-0.25, -0.2) is 18.1 Å². The van der Waals surface area contributed by atoms with Crippen LogP contribution < -0.4 is 10.5 Å². The summed E-state index contributed by atoms with van der Waals surface area (Å²) < 4.78 is 25.3. The van der Waals surface area contributed by atoms with Crippen molar-refractivity contribution >= 4 is 10.0 Å². The number of nitrogens with two attached hydrogens (primary N) is 1. The summed E-state index contributed by atoms with van der Waals surface area (Å²) in [5.41, 5.74) is 8.03. The predicted molar refractivity (Wildman–Crippen MR) is 68.2 cm³/mol. The number of imidazole rings is 1. The third kappa shape index (κ3) is 2.42. The van der Waals surface area contributed by atoms with E-state index in [2.05, 4.69) is 14.7 Å². The van der Waals surface area contributed by atoms with Crippen LogP contribution in [0.25, 0.3) is 11.3 Å². The van der Waals surface area contributed by atoms with Crippen molar-refractivity contribution < 1.29 is 8.42 Å². The van der Waals surface area contributed by atoms with Crippen molar-refractivity contribution in [1.29, 1.82) is 0 Å². The molecule has 0 aliphatic rings. The van der Waals surface area contributed by atoms with E-state index in [0.717, 1.165) is 11.1 Å². The Bertz CT molecular complexity index is 631. The van der Waals surface area contributed by atoms with E-state index in [-0.39, 0.29) is 5.16 Å². The van der Waals surface area contributed by atoms with E-state index in [1.165, 1.54) is 13.2 Å². The van der Waals surface area contributed by atoms with Crippen molar-refractivity contribution in [2.75, 3.05) is 7.05 Å². The minimum Gasteiger partial charge on any atom is -0.328 e.